The second-order valence-corrected chi connectivity index (χ2v) is 8.61. The zero-order valence-corrected chi connectivity index (χ0v) is 21.9. The van der Waals surface area contributed by atoms with Gasteiger partial charge >= 0.3 is 5.97 Å². The summed E-state index contributed by atoms with van der Waals surface area (Å²) in [5, 5.41) is 3.59. The number of methoxy groups -OCH3 is 2. The number of nitrogens with one attached hydrogen (secondary N) is 1. The molecule has 36 heavy (non-hydrogen) atoms. The molecule has 0 radical (unpaired) electrons. The van der Waals surface area contributed by atoms with Crippen LogP contribution in [0.3, 0.4) is 0 Å². The number of hydrogen-bond donors (Lipinski definition) is 1. The highest BCUT2D eigenvalue weighted by atomic mass is 16.5. The highest BCUT2D eigenvalue weighted by Crippen LogP contribution is 2.36. The van der Waals surface area contributed by atoms with E-state index in [2.05, 4.69) is 36.5 Å². The molecule has 0 aromatic heterocycles. The van der Waals surface area contributed by atoms with Gasteiger partial charge in [-0.25, -0.2) is 0 Å². The van der Waals surface area contributed by atoms with Crippen molar-refractivity contribution in [2.24, 2.45) is 0 Å². The lowest BCUT2D eigenvalue weighted by Gasteiger charge is -2.26. The summed E-state index contributed by atoms with van der Waals surface area (Å²) in [5.74, 6) is 2.67. The number of esters is 1. The first-order valence-electron chi connectivity index (χ1n) is 12.8. The fourth-order valence-corrected chi connectivity index (χ4v) is 4.12. The first-order valence-corrected chi connectivity index (χ1v) is 12.8. The molecule has 0 fully saturated rings. The van der Waals surface area contributed by atoms with Crippen molar-refractivity contribution in [2.75, 3.05) is 40.6 Å². The van der Waals surface area contributed by atoms with Crippen LogP contribution in [0.2, 0.25) is 0 Å². The van der Waals surface area contributed by atoms with Gasteiger partial charge in [0.1, 0.15) is 0 Å². The molecule has 1 atom stereocenters. The van der Waals surface area contributed by atoms with Crippen LogP contribution in [0.15, 0.2) is 36.4 Å². The first kappa shape index (κ1) is 27.4. The average molecular weight is 498 g/mol. The van der Waals surface area contributed by atoms with Gasteiger partial charge in [0.2, 0.25) is 0 Å². The Bertz CT molecular complexity index is 1020. The Kier molecular flexibility index (Phi) is 11.0. The Morgan fingerprint density at radius 1 is 0.972 bits per heavy atom. The molecule has 0 spiro atoms. The lowest BCUT2D eigenvalue weighted by molar-refractivity contribution is -0.143. The van der Waals surface area contributed by atoms with E-state index in [0.717, 1.165) is 42.9 Å². The van der Waals surface area contributed by atoms with Crippen LogP contribution < -0.4 is 24.3 Å². The number of fused-ring (bicyclic) bond motifs is 1. The molecule has 0 saturated carbocycles. The zero-order valence-electron chi connectivity index (χ0n) is 21.9. The predicted molar refractivity (Wildman–Crippen MR) is 141 cm³/mol. The predicted octanol–water partition coefficient (Wildman–Crippen LogP) is 5.51. The smallest absolute Gasteiger partial charge is 0.305 e. The van der Waals surface area contributed by atoms with Crippen molar-refractivity contribution in [3.05, 3.63) is 53.1 Å². The lowest BCUT2D eigenvalue weighted by atomic mass is 9.93. The van der Waals surface area contributed by atoms with Crippen LogP contribution in [0.25, 0.3) is 6.08 Å². The molecule has 1 aliphatic rings. The Hall–Kier alpha value is -3.19. The fourth-order valence-electron chi connectivity index (χ4n) is 4.12. The third-order valence-corrected chi connectivity index (χ3v) is 6.03. The molecule has 7 nitrogen and oxygen atoms in total. The third-order valence-electron chi connectivity index (χ3n) is 6.03. The number of carbonyl (C=O) groups excluding carboxylic acids is 1. The minimum Gasteiger partial charge on any atom is -0.493 e. The number of benzene rings is 2. The normalized spacial score (nSPS) is 14.8. The number of rotatable bonds is 14. The maximum atomic E-state index is 11.5. The molecule has 7 heteroatoms. The second kappa shape index (κ2) is 14.4. The summed E-state index contributed by atoms with van der Waals surface area (Å²) < 4.78 is 28.0. The van der Waals surface area contributed by atoms with Gasteiger partial charge in [-0.15, -0.1) is 0 Å². The van der Waals surface area contributed by atoms with Crippen molar-refractivity contribution in [2.45, 2.75) is 52.0 Å². The van der Waals surface area contributed by atoms with Crippen molar-refractivity contribution in [1.82, 2.24) is 5.32 Å². The molecule has 196 valence electrons. The van der Waals surface area contributed by atoms with Gasteiger partial charge in [0, 0.05) is 13.0 Å². The van der Waals surface area contributed by atoms with Crippen LogP contribution in [0.5, 0.6) is 23.0 Å². The lowest BCUT2D eigenvalue weighted by Crippen LogP contribution is -2.28. The Morgan fingerprint density at radius 3 is 2.44 bits per heavy atom. The molecule has 1 aliphatic heterocycles. The number of carbonyl (C=O) groups is 1. The number of hydrogen-bond acceptors (Lipinski definition) is 7. The van der Waals surface area contributed by atoms with E-state index < -0.39 is 0 Å². The van der Waals surface area contributed by atoms with Gasteiger partial charge in [0.25, 0.3) is 0 Å². The van der Waals surface area contributed by atoms with Crippen LogP contribution >= 0.6 is 0 Å². The molecule has 2 aromatic carbocycles. The summed E-state index contributed by atoms with van der Waals surface area (Å²) in [6.07, 6.45) is 8.20. The topological polar surface area (TPSA) is 75.2 Å². The van der Waals surface area contributed by atoms with Crippen LogP contribution in [0, 0.1) is 0 Å². The van der Waals surface area contributed by atoms with Crippen molar-refractivity contribution >= 4 is 12.0 Å². The maximum Gasteiger partial charge on any atom is 0.305 e. The van der Waals surface area contributed by atoms with Crippen LogP contribution in [-0.4, -0.2) is 46.6 Å². The minimum atomic E-state index is -0.207. The summed E-state index contributed by atoms with van der Waals surface area (Å²) in [4.78, 5) is 11.5. The van der Waals surface area contributed by atoms with Crippen molar-refractivity contribution in [3.8, 4) is 23.0 Å². The van der Waals surface area contributed by atoms with Gasteiger partial charge in [-0.3, -0.25) is 4.79 Å². The molecular weight excluding hydrogens is 458 g/mol. The monoisotopic (exact) mass is 497 g/mol. The summed E-state index contributed by atoms with van der Waals surface area (Å²) in [7, 11) is 3.30. The number of ether oxygens (including phenoxy) is 5. The van der Waals surface area contributed by atoms with Gasteiger partial charge in [-0.1, -0.05) is 31.6 Å². The van der Waals surface area contributed by atoms with E-state index >= 15 is 0 Å². The maximum absolute atomic E-state index is 11.5. The van der Waals surface area contributed by atoms with Gasteiger partial charge in [0.15, 0.2) is 23.0 Å². The summed E-state index contributed by atoms with van der Waals surface area (Å²) in [5.41, 5.74) is 3.47. The van der Waals surface area contributed by atoms with Gasteiger partial charge in [0.05, 0.1) is 40.1 Å². The molecule has 0 bridgehead atoms. The van der Waals surface area contributed by atoms with E-state index in [4.69, 9.17) is 23.7 Å². The molecule has 1 N–H and O–H groups in total. The first-order chi connectivity index (χ1) is 17.6. The van der Waals surface area contributed by atoms with Crippen LogP contribution in [-0.2, 0) is 16.0 Å². The Balaban J connectivity index is 1.71. The van der Waals surface area contributed by atoms with Crippen molar-refractivity contribution in [1.29, 1.82) is 0 Å². The summed E-state index contributed by atoms with van der Waals surface area (Å²) >= 11 is 0. The third kappa shape index (κ3) is 7.65. The second-order valence-electron chi connectivity index (χ2n) is 8.61. The SMILES string of the molecule is CCCCOc1cc2c(cc1OC)C(/C=C/c1ccc(OC)c(OCCCC(=O)OCC)c1)NCC2. The average Bonchev–Trinajstić information content (AvgIpc) is 2.89. The van der Waals surface area contributed by atoms with Gasteiger partial charge < -0.3 is 29.0 Å². The highest BCUT2D eigenvalue weighted by Gasteiger charge is 2.21. The van der Waals surface area contributed by atoms with Crippen molar-refractivity contribution in [3.63, 3.8) is 0 Å². The molecule has 0 amide bonds. The van der Waals surface area contributed by atoms with Crippen molar-refractivity contribution < 1.29 is 28.5 Å². The standard InChI is InChI=1S/C29H39NO6/c1-5-7-16-35-28-19-22-14-15-30-24(23(22)20-26(28)33-4)12-10-21-11-13-25(32-3)27(18-21)36-17-8-9-29(31)34-6-2/h10-13,18-20,24,30H,5-9,14-17H2,1-4H3/b12-10+. The van der Waals surface area contributed by atoms with Gasteiger partial charge in [-0.2, -0.15) is 0 Å². The molecule has 0 saturated heterocycles. The highest BCUT2D eigenvalue weighted by molar-refractivity contribution is 5.69. The van der Waals surface area contributed by atoms with Crippen LogP contribution in [0.1, 0.15) is 62.3 Å². The van der Waals surface area contributed by atoms with Crippen LogP contribution in [0.4, 0.5) is 0 Å². The van der Waals surface area contributed by atoms with E-state index in [1.54, 1.807) is 21.1 Å². The molecule has 3 rings (SSSR count). The Morgan fingerprint density at radius 2 is 1.72 bits per heavy atom. The fraction of sp³-hybridized carbons (Fsp3) is 0.483. The quantitative estimate of drug-likeness (QED) is 0.273. The molecular formula is C29H39NO6. The van der Waals surface area contributed by atoms with E-state index in [9.17, 15) is 4.79 Å². The van der Waals surface area contributed by atoms with E-state index in [-0.39, 0.29) is 12.0 Å². The number of unbranched alkanes of at least 4 members (excludes halogenated alkanes) is 1. The Labute approximate surface area is 214 Å². The minimum absolute atomic E-state index is 0.0587. The molecule has 0 aliphatic carbocycles. The summed E-state index contributed by atoms with van der Waals surface area (Å²) in [6.45, 7) is 6.33. The largest absolute Gasteiger partial charge is 0.493 e. The molecule has 2 aromatic rings. The van der Waals surface area contributed by atoms with Gasteiger partial charge in [-0.05, 0) is 67.1 Å². The zero-order chi connectivity index (χ0) is 25.8. The molecule has 1 unspecified atom stereocenters. The molecule has 1 heterocycles. The van der Waals surface area contributed by atoms with E-state index in [1.807, 2.05) is 18.2 Å². The van der Waals surface area contributed by atoms with E-state index in [0.29, 0.717) is 44.2 Å². The summed E-state index contributed by atoms with van der Waals surface area (Å²) in [6, 6.07) is 10.1. The van der Waals surface area contributed by atoms with E-state index in [1.165, 1.54) is 11.1 Å².